The molecule has 0 saturated heterocycles. The zero-order valence-electron chi connectivity index (χ0n) is 12.6. The van der Waals surface area contributed by atoms with E-state index in [0.717, 1.165) is 0 Å². The summed E-state index contributed by atoms with van der Waals surface area (Å²) in [6, 6.07) is 9.53. The minimum Gasteiger partial charge on any atom is -0.305 e. The number of hydrogen-bond donors (Lipinski definition) is 1. The molecule has 1 atom stereocenters. The number of hydrogen-bond acceptors (Lipinski definition) is 1. The molecule has 19 heavy (non-hydrogen) atoms. The van der Waals surface area contributed by atoms with E-state index in [4.69, 9.17) is 0 Å². The molecule has 104 valence electrons. The maximum atomic E-state index is 4.01. The van der Waals surface area contributed by atoms with Gasteiger partial charge in [0.05, 0.1) is 0 Å². The Morgan fingerprint density at radius 2 is 1.74 bits per heavy atom. The van der Waals surface area contributed by atoms with Crippen molar-refractivity contribution in [3.8, 4) is 0 Å². The maximum Gasteiger partial charge on any atom is 0.0299 e. The predicted molar refractivity (Wildman–Crippen MR) is 81.5 cm³/mol. The fraction of sp³-hybridized carbons (Fsp3) is 0.667. The Morgan fingerprint density at radius 3 is 2.47 bits per heavy atom. The molecule has 0 amide bonds. The van der Waals surface area contributed by atoms with Gasteiger partial charge in [0.1, 0.15) is 0 Å². The fourth-order valence-electron chi connectivity index (χ4n) is 4.57. The molecule has 1 heteroatoms. The average molecular weight is 257 g/mol. The highest BCUT2D eigenvalue weighted by molar-refractivity contribution is 5.37. The Balaban J connectivity index is 2.03. The molecule has 1 fully saturated rings. The van der Waals surface area contributed by atoms with Gasteiger partial charge in [-0.15, -0.1) is 0 Å². The van der Waals surface area contributed by atoms with E-state index in [1.165, 1.54) is 44.1 Å². The molecule has 2 aliphatic rings. The van der Waals surface area contributed by atoms with Gasteiger partial charge in [0.15, 0.2) is 0 Å². The highest BCUT2D eigenvalue weighted by Crippen LogP contribution is 2.45. The van der Waals surface area contributed by atoms with Crippen molar-refractivity contribution >= 4 is 0 Å². The molecule has 1 aliphatic carbocycles. The van der Waals surface area contributed by atoms with Crippen LogP contribution >= 0.6 is 0 Å². The SMILES string of the molecule is C[C@H]1NC2(CCCCC2)CC(C)(C)c2ccccc21. The summed E-state index contributed by atoms with van der Waals surface area (Å²) >= 11 is 0. The van der Waals surface area contributed by atoms with Gasteiger partial charge in [0, 0.05) is 11.6 Å². The van der Waals surface area contributed by atoms with Crippen molar-refractivity contribution in [1.82, 2.24) is 5.32 Å². The molecule has 1 saturated carbocycles. The molecule has 1 heterocycles. The third-order valence-electron chi connectivity index (χ3n) is 5.27. The number of rotatable bonds is 0. The average Bonchev–Trinajstić information content (AvgIpc) is 2.45. The third-order valence-corrected chi connectivity index (χ3v) is 5.27. The number of fused-ring (bicyclic) bond motifs is 1. The zero-order valence-corrected chi connectivity index (χ0v) is 12.6. The Hall–Kier alpha value is -0.820. The second-order valence-electron chi connectivity index (χ2n) is 7.35. The highest BCUT2D eigenvalue weighted by atomic mass is 15.0. The normalized spacial score (nSPS) is 28.7. The van der Waals surface area contributed by atoms with Crippen molar-refractivity contribution in [2.45, 2.75) is 76.3 Å². The van der Waals surface area contributed by atoms with Crippen LogP contribution in [0.3, 0.4) is 0 Å². The van der Waals surface area contributed by atoms with Crippen molar-refractivity contribution < 1.29 is 0 Å². The summed E-state index contributed by atoms with van der Waals surface area (Å²) < 4.78 is 0. The van der Waals surface area contributed by atoms with Gasteiger partial charge in [-0.3, -0.25) is 0 Å². The maximum absolute atomic E-state index is 4.01. The highest BCUT2D eigenvalue weighted by Gasteiger charge is 2.42. The van der Waals surface area contributed by atoms with Gasteiger partial charge in [-0.2, -0.15) is 0 Å². The second kappa shape index (κ2) is 4.63. The van der Waals surface area contributed by atoms with Crippen LogP contribution in [0.25, 0.3) is 0 Å². The van der Waals surface area contributed by atoms with Crippen molar-refractivity contribution in [3.05, 3.63) is 35.4 Å². The Morgan fingerprint density at radius 1 is 1.05 bits per heavy atom. The molecule has 0 aromatic heterocycles. The lowest BCUT2D eigenvalue weighted by Crippen LogP contribution is -2.49. The van der Waals surface area contributed by atoms with Gasteiger partial charge >= 0.3 is 0 Å². The van der Waals surface area contributed by atoms with Crippen molar-refractivity contribution in [1.29, 1.82) is 0 Å². The van der Waals surface area contributed by atoms with E-state index in [-0.39, 0.29) is 5.41 Å². The van der Waals surface area contributed by atoms with E-state index in [0.29, 0.717) is 11.6 Å². The first kappa shape index (κ1) is 13.2. The van der Waals surface area contributed by atoms with E-state index < -0.39 is 0 Å². The molecular weight excluding hydrogens is 230 g/mol. The molecule has 1 aliphatic heterocycles. The standard InChI is InChI=1S/C18H27N/c1-14-15-9-5-6-10-16(15)17(2,3)13-18(19-14)11-7-4-8-12-18/h5-6,9-10,14,19H,4,7-8,11-13H2,1-3H3/t14-/m1/s1. The van der Waals surface area contributed by atoms with Gasteiger partial charge < -0.3 is 5.32 Å². The minimum absolute atomic E-state index is 0.283. The van der Waals surface area contributed by atoms with Crippen LogP contribution < -0.4 is 5.32 Å². The van der Waals surface area contributed by atoms with E-state index in [2.05, 4.69) is 50.4 Å². The summed E-state index contributed by atoms with van der Waals surface area (Å²) in [5.41, 5.74) is 3.72. The van der Waals surface area contributed by atoms with Crippen LogP contribution in [0.4, 0.5) is 0 Å². The lowest BCUT2D eigenvalue weighted by molar-refractivity contribution is 0.174. The van der Waals surface area contributed by atoms with Gasteiger partial charge in [-0.05, 0) is 42.7 Å². The smallest absolute Gasteiger partial charge is 0.0299 e. The summed E-state index contributed by atoms with van der Waals surface area (Å²) in [5, 5.41) is 4.01. The van der Waals surface area contributed by atoms with E-state index in [9.17, 15) is 0 Å². The third kappa shape index (κ3) is 2.33. The number of nitrogens with one attached hydrogen (secondary N) is 1. The van der Waals surface area contributed by atoms with Gasteiger partial charge in [0.2, 0.25) is 0 Å². The van der Waals surface area contributed by atoms with Crippen molar-refractivity contribution in [2.75, 3.05) is 0 Å². The molecule has 1 spiro atoms. The van der Waals surface area contributed by atoms with Crippen LogP contribution in [-0.2, 0) is 5.41 Å². The molecule has 1 nitrogen and oxygen atoms in total. The van der Waals surface area contributed by atoms with Gasteiger partial charge in [-0.1, -0.05) is 57.4 Å². The first-order chi connectivity index (χ1) is 9.03. The molecule has 0 bridgehead atoms. The van der Waals surface area contributed by atoms with Crippen LogP contribution in [0.1, 0.15) is 76.5 Å². The second-order valence-corrected chi connectivity index (χ2v) is 7.35. The van der Waals surface area contributed by atoms with Crippen LogP contribution in [0.2, 0.25) is 0 Å². The summed E-state index contributed by atoms with van der Waals surface area (Å²) in [4.78, 5) is 0. The summed E-state index contributed by atoms with van der Waals surface area (Å²) in [5.74, 6) is 0. The summed E-state index contributed by atoms with van der Waals surface area (Å²) in [6.07, 6.45) is 8.20. The van der Waals surface area contributed by atoms with Crippen molar-refractivity contribution in [3.63, 3.8) is 0 Å². The van der Waals surface area contributed by atoms with Crippen LogP contribution in [0.15, 0.2) is 24.3 Å². The van der Waals surface area contributed by atoms with Crippen LogP contribution in [0.5, 0.6) is 0 Å². The Kier molecular flexibility index (Phi) is 3.21. The molecule has 0 unspecified atom stereocenters. The van der Waals surface area contributed by atoms with E-state index >= 15 is 0 Å². The molecule has 0 radical (unpaired) electrons. The molecular formula is C18H27N. The fourth-order valence-corrected chi connectivity index (χ4v) is 4.57. The lowest BCUT2D eigenvalue weighted by Gasteiger charge is -2.42. The van der Waals surface area contributed by atoms with Crippen LogP contribution in [-0.4, -0.2) is 5.54 Å². The Bertz CT molecular complexity index is 455. The lowest BCUT2D eigenvalue weighted by atomic mass is 9.69. The molecule has 1 aromatic rings. The monoisotopic (exact) mass is 257 g/mol. The summed E-state index contributed by atoms with van der Waals surface area (Å²) in [6.45, 7) is 7.21. The first-order valence-corrected chi connectivity index (χ1v) is 7.90. The first-order valence-electron chi connectivity index (χ1n) is 7.90. The number of benzene rings is 1. The quantitative estimate of drug-likeness (QED) is 0.709. The topological polar surface area (TPSA) is 12.0 Å². The zero-order chi connectivity index (χ0) is 13.5. The Labute approximate surface area is 117 Å². The summed E-state index contributed by atoms with van der Waals surface area (Å²) in [7, 11) is 0. The van der Waals surface area contributed by atoms with Gasteiger partial charge in [0.25, 0.3) is 0 Å². The predicted octanol–water partition coefficient (Wildman–Crippen LogP) is 4.72. The minimum atomic E-state index is 0.283. The van der Waals surface area contributed by atoms with Gasteiger partial charge in [-0.25, -0.2) is 0 Å². The van der Waals surface area contributed by atoms with E-state index in [1.54, 1.807) is 5.56 Å². The van der Waals surface area contributed by atoms with Crippen LogP contribution in [0, 0.1) is 0 Å². The van der Waals surface area contributed by atoms with Crippen molar-refractivity contribution in [2.24, 2.45) is 0 Å². The molecule has 3 rings (SSSR count). The molecule has 1 aromatic carbocycles. The molecule has 1 N–H and O–H groups in total. The largest absolute Gasteiger partial charge is 0.305 e. The van der Waals surface area contributed by atoms with E-state index in [1.807, 2.05) is 0 Å².